The fourth-order valence-electron chi connectivity index (χ4n) is 1.49. The Kier molecular flexibility index (Phi) is 7.14. The lowest BCUT2D eigenvalue weighted by molar-refractivity contribution is 0.776. The SMILES string of the molecule is CN=C(NC#N)NCCC/C=C/c1cccc(Cl)c1. The number of nitrogens with one attached hydrogen (secondary N) is 2. The van der Waals surface area contributed by atoms with Crippen LogP contribution in [0.4, 0.5) is 0 Å². The summed E-state index contributed by atoms with van der Waals surface area (Å²) in [6, 6.07) is 7.73. The number of nitrogens with zero attached hydrogens (tertiary/aromatic N) is 2. The minimum absolute atomic E-state index is 0.501. The van der Waals surface area contributed by atoms with Crippen LogP contribution < -0.4 is 10.6 Å². The summed E-state index contributed by atoms with van der Waals surface area (Å²) in [5, 5.41) is 14.7. The third-order valence-electron chi connectivity index (χ3n) is 2.40. The summed E-state index contributed by atoms with van der Waals surface area (Å²) < 4.78 is 0. The molecule has 100 valence electrons. The van der Waals surface area contributed by atoms with Crippen LogP contribution in [-0.4, -0.2) is 19.6 Å². The molecular weight excluding hydrogens is 260 g/mol. The van der Waals surface area contributed by atoms with Crippen molar-refractivity contribution in [3.63, 3.8) is 0 Å². The van der Waals surface area contributed by atoms with Crippen LogP contribution in [0.3, 0.4) is 0 Å². The second-order valence-corrected chi connectivity index (χ2v) is 4.27. The van der Waals surface area contributed by atoms with Crippen molar-refractivity contribution >= 4 is 23.6 Å². The summed E-state index contributed by atoms with van der Waals surface area (Å²) >= 11 is 5.90. The lowest BCUT2D eigenvalue weighted by atomic mass is 10.2. The van der Waals surface area contributed by atoms with E-state index in [1.807, 2.05) is 36.5 Å². The number of nitriles is 1. The Balaban J connectivity index is 2.23. The number of guanidine groups is 1. The highest BCUT2D eigenvalue weighted by Crippen LogP contribution is 2.12. The van der Waals surface area contributed by atoms with E-state index in [1.54, 1.807) is 7.05 Å². The van der Waals surface area contributed by atoms with Gasteiger partial charge in [-0.3, -0.25) is 10.3 Å². The smallest absolute Gasteiger partial charge is 0.204 e. The number of rotatable bonds is 5. The number of halogens is 1. The molecule has 0 amide bonds. The van der Waals surface area contributed by atoms with Gasteiger partial charge in [-0.05, 0) is 30.5 Å². The third kappa shape index (κ3) is 6.49. The van der Waals surface area contributed by atoms with Gasteiger partial charge in [0.05, 0.1) is 0 Å². The molecule has 0 bridgehead atoms. The Bertz CT molecular complexity index is 488. The van der Waals surface area contributed by atoms with Gasteiger partial charge in [-0.15, -0.1) is 0 Å². The van der Waals surface area contributed by atoms with Gasteiger partial charge in [0.1, 0.15) is 0 Å². The maximum Gasteiger partial charge on any atom is 0.204 e. The molecule has 0 aromatic heterocycles. The van der Waals surface area contributed by atoms with Gasteiger partial charge in [-0.1, -0.05) is 35.9 Å². The van der Waals surface area contributed by atoms with Crippen molar-refractivity contribution in [2.75, 3.05) is 13.6 Å². The van der Waals surface area contributed by atoms with E-state index in [4.69, 9.17) is 16.9 Å². The molecular formula is C14H17ClN4. The zero-order valence-corrected chi connectivity index (χ0v) is 11.6. The third-order valence-corrected chi connectivity index (χ3v) is 2.63. The molecule has 19 heavy (non-hydrogen) atoms. The summed E-state index contributed by atoms with van der Waals surface area (Å²) in [6.45, 7) is 0.765. The number of benzene rings is 1. The predicted octanol–water partition coefficient (Wildman–Crippen LogP) is 2.78. The Labute approximate surface area is 118 Å². The molecule has 0 saturated heterocycles. The predicted molar refractivity (Wildman–Crippen MR) is 79.8 cm³/mol. The van der Waals surface area contributed by atoms with E-state index in [-0.39, 0.29) is 0 Å². The summed E-state index contributed by atoms with van der Waals surface area (Å²) in [5.74, 6) is 0.501. The largest absolute Gasteiger partial charge is 0.356 e. The van der Waals surface area contributed by atoms with Gasteiger partial charge in [0, 0.05) is 18.6 Å². The normalized spacial score (nSPS) is 11.3. The van der Waals surface area contributed by atoms with Crippen LogP contribution in [0.2, 0.25) is 5.02 Å². The van der Waals surface area contributed by atoms with Gasteiger partial charge in [-0.25, -0.2) is 0 Å². The van der Waals surface area contributed by atoms with E-state index < -0.39 is 0 Å². The molecule has 0 fully saturated rings. The van der Waals surface area contributed by atoms with Crippen LogP contribution >= 0.6 is 11.6 Å². The highest BCUT2D eigenvalue weighted by molar-refractivity contribution is 6.30. The van der Waals surface area contributed by atoms with E-state index in [0.29, 0.717) is 5.96 Å². The lowest BCUT2D eigenvalue weighted by Gasteiger charge is -2.05. The molecule has 0 radical (unpaired) electrons. The number of unbranched alkanes of at least 4 members (excludes halogenated alkanes) is 1. The summed E-state index contributed by atoms with van der Waals surface area (Å²) in [6.07, 6.45) is 7.89. The van der Waals surface area contributed by atoms with Crippen molar-refractivity contribution in [1.82, 2.24) is 10.6 Å². The van der Waals surface area contributed by atoms with Gasteiger partial charge in [0.2, 0.25) is 5.96 Å². The Morgan fingerprint density at radius 1 is 1.53 bits per heavy atom. The first-order chi connectivity index (χ1) is 9.26. The van der Waals surface area contributed by atoms with E-state index in [0.717, 1.165) is 30.0 Å². The molecule has 0 unspecified atom stereocenters. The molecule has 1 aromatic rings. The van der Waals surface area contributed by atoms with E-state index in [1.165, 1.54) is 0 Å². The number of allylic oxidation sites excluding steroid dienone is 1. The highest BCUT2D eigenvalue weighted by atomic mass is 35.5. The minimum atomic E-state index is 0.501. The Hall–Kier alpha value is -1.99. The number of hydrogen-bond donors (Lipinski definition) is 2. The average molecular weight is 277 g/mol. The van der Waals surface area contributed by atoms with Crippen molar-refractivity contribution < 1.29 is 0 Å². The van der Waals surface area contributed by atoms with Gasteiger partial charge >= 0.3 is 0 Å². The van der Waals surface area contributed by atoms with Crippen molar-refractivity contribution in [2.24, 2.45) is 4.99 Å². The van der Waals surface area contributed by atoms with Gasteiger partial charge in [-0.2, -0.15) is 5.26 Å². The molecule has 1 rings (SSSR count). The molecule has 0 saturated carbocycles. The summed E-state index contributed by atoms with van der Waals surface area (Å²) in [7, 11) is 1.63. The molecule has 0 aliphatic carbocycles. The first-order valence-electron chi connectivity index (χ1n) is 6.04. The molecule has 5 heteroatoms. The second kappa shape index (κ2) is 9.01. The molecule has 0 heterocycles. The fraction of sp³-hybridized carbons (Fsp3) is 0.286. The lowest BCUT2D eigenvalue weighted by Crippen LogP contribution is -2.34. The number of hydrogen-bond acceptors (Lipinski definition) is 2. The van der Waals surface area contributed by atoms with Crippen molar-refractivity contribution in [3.05, 3.63) is 40.9 Å². The van der Waals surface area contributed by atoms with Crippen LogP contribution in [0.25, 0.3) is 6.08 Å². The first-order valence-corrected chi connectivity index (χ1v) is 6.42. The van der Waals surface area contributed by atoms with E-state index in [9.17, 15) is 0 Å². The molecule has 0 atom stereocenters. The molecule has 1 aromatic carbocycles. The topological polar surface area (TPSA) is 60.2 Å². The Morgan fingerprint density at radius 2 is 2.37 bits per heavy atom. The first kappa shape index (κ1) is 15.1. The van der Waals surface area contributed by atoms with E-state index >= 15 is 0 Å². The second-order valence-electron chi connectivity index (χ2n) is 3.84. The fourth-order valence-corrected chi connectivity index (χ4v) is 1.69. The minimum Gasteiger partial charge on any atom is -0.356 e. The molecule has 0 spiro atoms. The summed E-state index contributed by atoms with van der Waals surface area (Å²) in [4.78, 5) is 3.89. The maximum absolute atomic E-state index is 8.45. The van der Waals surface area contributed by atoms with Crippen LogP contribution in [0.1, 0.15) is 18.4 Å². The van der Waals surface area contributed by atoms with E-state index in [2.05, 4.69) is 21.7 Å². The van der Waals surface area contributed by atoms with Gasteiger partial charge < -0.3 is 5.32 Å². The Morgan fingerprint density at radius 3 is 3.05 bits per heavy atom. The van der Waals surface area contributed by atoms with Crippen LogP contribution in [-0.2, 0) is 0 Å². The molecule has 0 aliphatic heterocycles. The maximum atomic E-state index is 8.45. The van der Waals surface area contributed by atoms with Crippen molar-refractivity contribution in [1.29, 1.82) is 5.26 Å². The van der Waals surface area contributed by atoms with Gasteiger partial charge in [0.25, 0.3) is 0 Å². The highest BCUT2D eigenvalue weighted by Gasteiger charge is 1.93. The quantitative estimate of drug-likeness (QED) is 0.286. The summed E-state index contributed by atoms with van der Waals surface area (Å²) in [5.41, 5.74) is 1.10. The van der Waals surface area contributed by atoms with Gasteiger partial charge in [0.15, 0.2) is 6.19 Å². The monoisotopic (exact) mass is 276 g/mol. The van der Waals surface area contributed by atoms with Crippen molar-refractivity contribution in [2.45, 2.75) is 12.8 Å². The van der Waals surface area contributed by atoms with Crippen LogP contribution in [0.5, 0.6) is 0 Å². The van der Waals surface area contributed by atoms with Crippen LogP contribution in [0, 0.1) is 11.5 Å². The zero-order chi connectivity index (χ0) is 13.9. The number of aliphatic imine (C=N–C) groups is 1. The average Bonchev–Trinajstić information content (AvgIpc) is 2.41. The molecule has 0 aliphatic rings. The van der Waals surface area contributed by atoms with Crippen LogP contribution in [0.15, 0.2) is 35.3 Å². The molecule has 2 N–H and O–H groups in total. The standard InChI is InChI=1S/C14H17ClN4/c1-17-14(19-11-16)18-9-4-2-3-6-12-7-5-8-13(15)10-12/h3,5-8,10H,2,4,9H2,1H3,(H2,17,18,19)/b6-3+. The zero-order valence-electron chi connectivity index (χ0n) is 10.9. The van der Waals surface area contributed by atoms with Crippen molar-refractivity contribution in [3.8, 4) is 6.19 Å². The molecule has 4 nitrogen and oxygen atoms in total.